The van der Waals surface area contributed by atoms with Gasteiger partial charge in [-0.2, -0.15) is 0 Å². The zero-order valence-electron chi connectivity index (χ0n) is 16.6. The molecular formula is C24H28N4O. The second-order valence-electron chi connectivity index (χ2n) is 8.73. The van der Waals surface area contributed by atoms with Crippen molar-refractivity contribution in [1.82, 2.24) is 15.3 Å². The van der Waals surface area contributed by atoms with Crippen molar-refractivity contribution < 1.29 is 4.79 Å². The van der Waals surface area contributed by atoms with Crippen molar-refractivity contribution in [3.8, 4) is 0 Å². The lowest BCUT2D eigenvalue weighted by Gasteiger charge is -2.43. The predicted octanol–water partition coefficient (Wildman–Crippen LogP) is 3.92. The van der Waals surface area contributed by atoms with Gasteiger partial charge in [0, 0.05) is 12.0 Å². The Kier molecular flexibility index (Phi) is 4.84. The summed E-state index contributed by atoms with van der Waals surface area (Å²) >= 11 is 0. The number of carbonyl (C=O) groups is 1. The van der Waals surface area contributed by atoms with Crippen molar-refractivity contribution in [3.63, 3.8) is 0 Å². The molecule has 3 atom stereocenters. The van der Waals surface area contributed by atoms with Crippen LogP contribution in [-0.4, -0.2) is 21.9 Å². The minimum Gasteiger partial charge on any atom is -0.345 e. The van der Waals surface area contributed by atoms with Crippen LogP contribution in [0.15, 0.2) is 54.9 Å². The fourth-order valence-electron chi connectivity index (χ4n) is 5.40. The summed E-state index contributed by atoms with van der Waals surface area (Å²) in [5.41, 5.74) is 10.5. The predicted molar refractivity (Wildman–Crippen MR) is 114 cm³/mol. The Balaban J connectivity index is 1.42. The first kappa shape index (κ1) is 18.4. The topological polar surface area (TPSA) is 83.8 Å². The fraction of sp³-hybridized carbons (Fsp3) is 0.417. The molecule has 4 N–H and O–H groups in total. The van der Waals surface area contributed by atoms with Crippen molar-refractivity contribution in [1.29, 1.82) is 0 Å². The van der Waals surface area contributed by atoms with E-state index < -0.39 is 0 Å². The minimum absolute atomic E-state index is 0.0622. The monoisotopic (exact) mass is 388 g/mol. The van der Waals surface area contributed by atoms with Gasteiger partial charge in [-0.05, 0) is 60.8 Å². The van der Waals surface area contributed by atoms with Gasteiger partial charge in [-0.25, -0.2) is 4.98 Å². The van der Waals surface area contributed by atoms with E-state index in [4.69, 9.17) is 5.73 Å². The Bertz CT molecular complexity index is 984. The fourth-order valence-corrected chi connectivity index (χ4v) is 5.40. The number of nitrogens with zero attached hydrogens (tertiary/aromatic N) is 1. The molecule has 2 aromatic carbocycles. The summed E-state index contributed by atoms with van der Waals surface area (Å²) in [5.74, 6) is 1.21. The van der Waals surface area contributed by atoms with Gasteiger partial charge in [-0.15, -0.1) is 0 Å². The number of aromatic amines is 1. The molecule has 5 heteroatoms. The molecule has 2 aliphatic carbocycles. The van der Waals surface area contributed by atoms with E-state index in [1.165, 1.54) is 19.3 Å². The van der Waals surface area contributed by atoms with E-state index >= 15 is 0 Å². The lowest BCUT2D eigenvalue weighted by Crippen LogP contribution is -2.49. The molecule has 29 heavy (non-hydrogen) atoms. The van der Waals surface area contributed by atoms with Crippen LogP contribution in [0.4, 0.5) is 0 Å². The summed E-state index contributed by atoms with van der Waals surface area (Å²) in [4.78, 5) is 20.8. The summed E-state index contributed by atoms with van der Waals surface area (Å²) in [6.07, 6.45) is 7.14. The zero-order valence-corrected chi connectivity index (χ0v) is 16.6. The van der Waals surface area contributed by atoms with Gasteiger partial charge >= 0.3 is 0 Å². The first-order valence-electron chi connectivity index (χ1n) is 10.7. The molecule has 1 amide bonds. The van der Waals surface area contributed by atoms with Crippen LogP contribution >= 0.6 is 0 Å². The maximum atomic E-state index is 13.3. The summed E-state index contributed by atoms with van der Waals surface area (Å²) in [7, 11) is 0. The van der Waals surface area contributed by atoms with Gasteiger partial charge in [0.2, 0.25) is 5.91 Å². The van der Waals surface area contributed by atoms with Crippen LogP contribution in [-0.2, 0) is 4.79 Å². The Morgan fingerprint density at radius 1 is 1.07 bits per heavy atom. The third kappa shape index (κ3) is 3.55. The molecule has 5 rings (SSSR count). The third-order valence-corrected chi connectivity index (χ3v) is 6.98. The van der Waals surface area contributed by atoms with E-state index in [0.717, 1.165) is 35.0 Å². The average molecular weight is 389 g/mol. The lowest BCUT2D eigenvalue weighted by molar-refractivity contribution is -0.128. The number of aromatic nitrogens is 2. The summed E-state index contributed by atoms with van der Waals surface area (Å²) in [5, 5.41) is 3.37. The number of benzene rings is 2. The van der Waals surface area contributed by atoms with Gasteiger partial charge in [-0.1, -0.05) is 42.8 Å². The summed E-state index contributed by atoms with van der Waals surface area (Å²) in [6.45, 7) is 0. The van der Waals surface area contributed by atoms with Gasteiger partial charge in [-0.3, -0.25) is 4.79 Å². The van der Waals surface area contributed by atoms with Crippen molar-refractivity contribution in [2.24, 2.45) is 23.5 Å². The van der Waals surface area contributed by atoms with Crippen molar-refractivity contribution in [2.45, 2.75) is 44.2 Å². The highest BCUT2D eigenvalue weighted by molar-refractivity contribution is 5.80. The van der Waals surface area contributed by atoms with Gasteiger partial charge in [0.1, 0.15) is 0 Å². The maximum absolute atomic E-state index is 13.3. The Morgan fingerprint density at radius 3 is 2.59 bits per heavy atom. The molecular weight excluding hydrogens is 360 g/mol. The van der Waals surface area contributed by atoms with Crippen LogP contribution in [0.1, 0.15) is 49.3 Å². The number of nitrogens with two attached hydrogens (primary N) is 1. The number of H-pyrrole nitrogens is 1. The maximum Gasteiger partial charge on any atom is 0.223 e. The SMILES string of the molecule is NC1C2CCCC1CC(C(=O)NC(c1ccccc1)c1ccc3nc[nH]c3c1)C2. The van der Waals surface area contributed by atoms with Gasteiger partial charge < -0.3 is 16.0 Å². The number of rotatable bonds is 4. The van der Waals surface area contributed by atoms with E-state index in [-0.39, 0.29) is 23.9 Å². The molecule has 0 saturated heterocycles. The van der Waals surface area contributed by atoms with E-state index in [1.54, 1.807) is 6.33 Å². The summed E-state index contributed by atoms with van der Waals surface area (Å²) < 4.78 is 0. The lowest BCUT2D eigenvalue weighted by atomic mass is 9.65. The van der Waals surface area contributed by atoms with E-state index in [1.807, 2.05) is 24.3 Å². The third-order valence-electron chi connectivity index (χ3n) is 6.98. The van der Waals surface area contributed by atoms with Crippen LogP contribution in [0.2, 0.25) is 0 Å². The number of imidazole rings is 1. The minimum atomic E-state index is -0.174. The highest BCUT2D eigenvalue weighted by atomic mass is 16.1. The molecule has 2 aliphatic rings. The summed E-state index contributed by atoms with van der Waals surface area (Å²) in [6, 6.07) is 16.5. The number of carbonyl (C=O) groups excluding carboxylic acids is 1. The van der Waals surface area contributed by atoms with Crippen LogP contribution in [0.3, 0.4) is 0 Å². The van der Waals surface area contributed by atoms with E-state index in [2.05, 4.69) is 39.6 Å². The van der Waals surface area contributed by atoms with Crippen molar-refractivity contribution >= 4 is 16.9 Å². The van der Waals surface area contributed by atoms with Crippen LogP contribution in [0, 0.1) is 17.8 Å². The Labute approximate surface area is 171 Å². The Morgan fingerprint density at radius 2 is 1.83 bits per heavy atom. The molecule has 3 aromatic rings. The van der Waals surface area contributed by atoms with Gasteiger partial charge in [0.15, 0.2) is 0 Å². The zero-order chi connectivity index (χ0) is 19.8. The van der Waals surface area contributed by atoms with E-state index in [0.29, 0.717) is 11.8 Å². The van der Waals surface area contributed by atoms with Crippen molar-refractivity contribution in [2.75, 3.05) is 0 Å². The molecule has 1 heterocycles. The van der Waals surface area contributed by atoms with Crippen molar-refractivity contribution in [3.05, 3.63) is 66.0 Å². The van der Waals surface area contributed by atoms with E-state index in [9.17, 15) is 4.79 Å². The number of hydrogen-bond acceptors (Lipinski definition) is 3. The second-order valence-corrected chi connectivity index (χ2v) is 8.73. The highest BCUT2D eigenvalue weighted by Crippen LogP contribution is 2.42. The standard InChI is InChI=1S/C24H28N4O/c25-22-16-7-4-8-17(22)12-19(11-16)24(29)28-23(15-5-2-1-3-6-15)18-9-10-20-21(13-18)27-14-26-20/h1-3,5-6,9-10,13-14,16-17,19,22-23H,4,7-8,11-12,25H2,(H,26,27)(H,28,29). The number of amides is 1. The van der Waals surface area contributed by atoms with Crippen LogP contribution in [0.25, 0.3) is 11.0 Å². The molecule has 0 radical (unpaired) electrons. The molecule has 150 valence electrons. The smallest absolute Gasteiger partial charge is 0.223 e. The van der Waals surface area contributed by atoms with Gasteiger partial charge in [0.05, 0.1) is 23.4 Å². The molecule has 0 aliphatic heterocycles. The number of nitrogens with one attached hydrogen (secondary N) is 2. The quantitative estimate of drug-likeness (QED) is 0.633. The van der Waals surface area contributed by atoms with Gasteiger partial charge in [0.25, 0.3) is 0 Å². The largest absolute Gasteiger partial charge is 0.345 e. The highest BCUT2D eigenvalue weighted by Gasteiger charge is 2.40. The number of hydrogen-bond donors (Lipinski definition) is 3. The molecule has 3 unspecified atom stereocenters. The normalized spacial score (nSPS) is 27.5. The molecule has 5 nitrogen and oxygen atoms in total. The Hall–Kier alpha value is -2.66. The first-order chi connectivity index (χ1) is 14.2. The molecule has 2 fully saturated rings. The van der Waals surface area contributed by atoms with Crippen LogP contribution < -0.4 is 11.1 Å². The molecule has 2 saturated carbocycles. The first-order valence-corrected chi connectivity index (χ1v) is 10.7. The van der Waals surface area contributed by atoms with Crippen LogP contribution in [0.5, 0.6) is 0 Å². The number of fused-ring (bicyclic) bond motifs is 3. The average Bonchev–Trinajstić information content (AvgIpc) is 3.20. The second kappa shape index (κ2) is 7.64. The molecule has 1 aromatic heterocycles. The molecule has 2 bridgehead atoms. The molecule has 0 spiro atoms.